The van der Waals surface area contributed by atoms with Gasteiger partial charge in [-0.1, -0.05) is 13.8 Å². The summed E-state index contributed by atoms with van der Waals surface area (Å²) in [4.78, 5) is 18.9. The van der Waals surface area contributed by atoms with Gasteiger partial charge in [-0.25, -0.2) is 4.98 Å². The van der Waals surface area contributed by atoms with Crippen molar-refractivity contribution in [1.82, 2.24) is 9.38 Å². The number of aryl methyl sites for hydroxylation is 1. The number of carbonyl (C=O) groups excluding carboxylic acids is 1. The van der Waals surface area contributed by atoms with Crippen LogP contribution in [0.2, 0.25) is 0 Å². The van der Waals surface area contributed by atoms with Crippen molar-refractivity contribution in [3.8, 4) is 0 Å². The monoisotopic (exact) mass is 359 g/mol. The van der Waals surface area contributed by atoms with Crippen LogP contribution in [0.15, 0.2) is 40.9 Å². The molecule has 2 heterocycles. The van der Waals surface area contributed by atoms with Crippen LogP contribution < -0.4 is 5.32 Å². The molecule has 1 amide bonds. The molecule has 0 aliphatic carbocycles. The average Bonchev–Trinajstić information content (AvgIpc) is 3.11. The molecule has 0 spiro atoms. The molecule has 0 aliphatic heterocycles. The molecule has 0 bridgehead atoms. The minimum Gasteiger partial charge on any atom is -0.326 e. The molecule has 1 N–H and O–H groups in total. The highest BCUT2D eigenvalue weighted by molar-refractivity contribution is 7.99. The van der Waals surface area contributed by atoms with E-state index in [-0.39, 0.29) is 12.3 Å². The maximum atomic E-state index is 12.3. The van der Waals surface area contributed by atoms with Crippen LogP contribution >= 0.6 is 23.1 Å². The predicted octanol–water partition coefficient (Wildman–Crippen LogP) is 4.78. The number of rotatable bonds is 6. The molecule has 2 aromatic heterocycles. The Morgan fingerprint density at radius 1 is 1.46 bits per heavy atom. The van der Waals surface area contributed by atoms with Gasteiger partial charge in [0.25, 0.3) is 0 Å². The number of anilines is 1. The largest absolute Gasteiger partial charge is 0.326 e. The summed E-state index contributed by atoms with van der Waals surface area (Å²) in [5.41, 5.74) is 2.75. The van der Waals surface area contributed by atoms with Gasteiger partial charge >= 0.3 is 0 Å². The number of thioether (sulfide) groups is 1. The number of hydrogen-bond donors (Lipinski definition) is 1. The molecule has 0 aliphatic rings. The Kier molecular flexibility index (Phi) is 5.26. The number of benzene rings is 1. The van der Waals surface area contributed by atoms with E-state index in [2.05, 4.69) is 36.3 Å². The van der Waals surface area contributed by atoms with Crippen molar-refractivity contribution < 1.29 is 4.79 Å². The average molecular weight is 360 g/mol. The molecule has 1 aromatic carbocycles. The first-order chi connectivity index (χ1) is 11.5. The van der Waals surface area contributed by atoms with E-state index in [1.54, 1.807) is 11.3 Å². The van der Waals surface area contributed by atoms with E-state index < -0.39 is 0 Å². The molecule has 6 heteroatoms. The van der Waals surface area contributed by atoms with Gasteiger partial charge in [-0.05, 0) is 37.1 Å². The Hall–Kier alpha value is -1.79. The van der Waals surface area contributed by atoms with Crippen molar-refractivity contribution in [3.05, 3.63) is 47.2 Å². The molecular formula is C18H21N3OS2. The smallest absolute Gasteiger partial charge is 0.230 e. The van der Waals surface area contributed by atoms with Gasteiger partial charge in [-0.3, -0.25) is 9.20 Å². The van der Waals surface area contributed by atoms with Gasteiger partial charge in [-0.2, -0.15) is 0 Å². The number of imidazole rings is 1. The fourth-order valence-corrected chi connectivity index (χ4v) is 4.13. The molecule has 4 nitrogen and oxygen atoms in total. The van der Waals surface area contributed by atoms with Crippen LogP contribution in [0.4, 0.5) is 5.69 Å². The Balaban J connectivity index is 1.64. The lowest BCUT2D eigenvalue weighted by atomic mass is 10.2. The molecule has 0 radical (unpaired) electrons. The van der Waals surface area contributed by atoms with Crippen LogP contribution in [0.1, 0.15) is 31.5 Å². The van der Waals surface area contributed by atoms with Crippen LogP contribution in [-0.4, -0.2) is 20.5 Å². The van der Waals surface area contributed by atoms with E-state index >= 15 is 0 Å². The number of fused-ring (bicyclic) bond motifs is 1. The number of nitrogens with one attached hydrogen (secondary N) is 1. The second-order valence-electron chi connectivity index (χ2n) is 5.86. The van der Waals surface area contributed by atoms with E-state index in [0.717, 1.165) is 28.3 Å². The van der Waals surface area contributed by atoms with Crippen LogP contribution in [-0.2, 0) is 11.2 Å². The molecule has 0 saturated heterocycles. The Bertz CT molecular complexity index is 824. The summed E-state index contributed by atoms with van der Waals surface area (Å²) in [6.45, 7) is 6.45. The number of carbonyl (C=O) groups is 1. The van der Waals surface area contributed by atoms with Gasteiger partial charge < -0.3 is 5.32 Å². The Morgan fingerprint density at radius 2 is 2.29 bits per heavy atom. The Labute approximate surface area is 150 Å². The fraction of sp³-hybridized carbons (Fsp3) is 0.333. The minimum absolute atomic E-state index is 0.0359. The van der Waals surface area contributed by atoms with Crippen molar-refractivity contribution in [3.63, 3.8) is 0 Å². The molecule has 1 unspecified atom stereocenters. The van der Waals surface area contributed by atoms with Gasteiger partial charge in [0.05, 0.1) is 12.1 Å². The van der Waals surface area contributed by atoms with Crippen LogP contribution in [0, 0.1) is 6.92 Å². The molecule has 24 heavy (non-hydrogen) atoms. The topological polar surface area (TPSA) is 46.4 Å². The van der Waals surface area contributed by atoms with E-state index in [9.17, 15) is 4.79 Å². The first kappa shape index (κ1) is 17.0. The summed E-state index contributed by atoms with van der Waals surface area (Å²) in [6.07, 6.45) is 5.29. The lowest BCUT2D eigenvalue weighted by molar-refractivity contribution is -0.115. The first-order valence-electron chi connectivity index (χ1n) is 8.03. The van der Waals surface area contributed by atoms with E-state index in [4.69, 9.17) is 0 Å². The second-order valence-corrected chi connectivity index (χ2v) is 8.25. The SMILES string of the molecule is CCC(C)Sc1ccc(NC(=O)Cc2cn3ccsc3n2)c(C)c1. The van der Waals surface area contributed by atoms with Gasteiger partial charge in [0.15, 0.2) is 4.96 Å². The number of hydrogen-bond acceptors (Lipinski definition) is 4. The highest BCUT2D eigenvalue weighted by atomic mass is 32.2. The third kappa shape index (κ3) is 3.99. The summed E-state index contributed by atoms with van der Waals surface area (Å²) < 4.78 is 1.94. The molecule has 0 fully saturated rings. The highest BCUT2D eigenvalue weighted by Gasteiger charge is 2.11. The van der Waals surface area contributed by atoms with Crippen molar-refractivity contribution in [1.29, 1.82) is 0 Å². The van der Waals surface area contributed by atoms with Crippen LogP contribution in [0.3, 0.4) is 0 Å². The highest BCUT2D eigenvalue weighted by Crippen LogP contribution is 2.28. The zero-order chi connectivity index (χ0) is 17.1. The zero-order valence-corrected chi connectivity index (χ0v) is 15.7. The second kappa shape index (κ2) is 7.40. The number of thiazole rings is 1. The molecule has 0 saturated carbocycles. The molecule has 1 atom stereocenters. The van der Waals surface area contributed by atoms with Crippen LogP contribution in [0.25, 0.3) is 4.96 Å². The molecule has 3 aromatic rings. The van der Waals surface area contributed by atoms with Crippen molar-refractivity contribution >= 4 is 39.7 Å². The number of nitrogens with zero attached hydrogens (tertiary/aromatic N) is 2. The third-order valence-corrected chi connectivity index (χ3v) is 5.90. The summed E-state index contributed by atoms with van der Waals surface area (Å²) >= 11 is 3.43. The fourth-order valence-electron chi connectivity index (χ4n) is 2.39. The molecule has 126 valence electrons. The molecular weight excluding hydrogens is 338 g/mol. The minimum atomic E-state index is -0.0359. The maximum Gasteiger partial charge on any atom is 0.230 e. The summed E-state index contributed by atoms with van der Waals surface area (Å²) in [5.74, 6) is -0.0359. The third-order valence-electron chi connectivity index (χ3n) is 3.87. The summed E-state index contributed by atoms with van der Waals surface area (Å²) in [5, 5.41) is 5.57. The van der Waals surface area contributed by atoms with Gasteiger partial charge in [0.1, 0.15) is 0 Å². The van der Waals surface area contributed by atoms with E-state index in [1.165, 1.54) is 4.90 Å². The lowest BCUT2D eigenvalue weighted by Gasteiger charge is -2.12. The van der Waals surface area contributed by atoms with Gasteiger partial charge in [-0.15, -0.1) is 23.1 Å². The molecule has 3 rings (SSSR count). The van der Waals surface area contributed by atoms with Crippen molar-refractivity contribution in [2.24, 2.45) is 0 Å². The van der Waals surface area contributed by atoms with Crippen molar-refractivity contribution in [2.45, 2.75) is 43.8 Å². The van der Waals surface area contributed by atoms with Gasteiger partial charge in [0.2, 0.25) is 5.91 Å². The zero-order valence-electron chi connectivity index (χ0n) is 14.1. The first-order valence-corrected chi connectivity index (χ1v) is 9.79. The maximum absolute atomic E-state index is 12.3. The Morgan fingerprint density at radius 3 is 3.00 bits per heavy atom. The van der Waals surface area contributed by atoms with E-state index in [0.29, 0.717) is 5.25 Å². The number of aromatic nitrogens is 2. The van der Waals surface area contributed by atoms with Crippen molar-refractivity contribution in [2.75, 3.05) is 5.32 Å². The number of amides is 1. The lowest BCUT2D eigenvalue weighted by Crippen LogP contribution is -2.15. The predicted molar refractivity (Wildman–Crippen MR) is 102 cm³/mol. The summed E-state index contributed by atoms with van der Waals surface area (Å²) in [7, 11) is 0. The van der Waals surface area contributed by atoms with Gasteiger partial charge in [0, 0.05) is 33.6 Å². The van der Waals surface area contributed by atoms with E-state index in [1.807, 2.05) is 46.9 Å². The quantitative estimate of drug-likeness (QED) is 0.645. The normalized spacial score (nSPS) is 12.5. The standard InChI is InChI=1S/C18H21N3OS2/c1-4-13(3)24-15-5-6-16(12(2)9-15)20-17(22)10-14-11-21-7-8-23-18(21)19-14/h5-9,11,13H,4,10H2,1-3H3,(H,20,22). The van der Waals surface area contributed by atoms with Crippen LogP contribution in [0.5, 0.6) is 0 Å². The summed E-state index contributed by atoms with van der Waals surface area (Å²) in [6, 6.07) is 6.20.